The van der Waals surface area contributed by atoms with Crippen molar-refractivity contribution in [1.29, 1.82) is 0 Å². The Kier molecular flexibility index (Phi) is 6.83. The van der Waals surface area contributed by atoms with Gasteiger partial charge in [-0.25, -0.2) is 0 Å². The fraction of sp³-hybridized carbons (Fsp3) is 0.682. The number of carbonyl (C=O) groups is 1. The van der Waals surface area contributed by atoms with E-state index >= 15 is 0 Å². The van der Waals surface area contributed by atoms with Crippen molar-refractivity contribution < 1.29 is 9.53 Å². The summed E-state index contributed by atoms with van der Waals surface area (Å²) < 4.78 is 5.83. The summed E-state index contributed by atoms with van der Waals surface area (Å²) in [6.45, 7) is 6.69. The summed E-state index contributed by atoms with van der Waals surface area (Å²) in [4.78, 5) is 15.4. The van der Waals surface area contributed by atoms with Gasteiger partial charge in [0.05, 0.1) is 6.10 Å². The van der Waals surface area contributed by atoms with Gasteiger partial charge >= 0.3 is 0 Å². The molecule has 1 aromatic rings. The van der Waals surface area contributed by atoms with Crippen molar-refractivity contribution in [2.45, 2.75) is 51.6 Å². The van der Waals surface area contributed by atoms with Crippen LogP contribution in [0.1, 0.15) is 43.2 Å². The number of benzene rings is 1. The molecule has 1 N–H and O–H groups in total. The monoisotopic (exact) mass is 392 g/mol. The van der Waals surface area contributed by atoms with Gasteiger partial charge in [-0.2, -0.15) is 0 Å². The SMILES string of the molecule is Cc1ccc(CCN(CC2CCCO2)C(=O)C2CC23CCNCC3)cc1.Cl. The van der Waals surface area contributed by atoms with Gasteiger partial charge in [0, 0.05) is 25.6 Å². The topological polar surface area (TPSA) is 41.6 Å². The number of hydrogen-bond acceptors (Lipinski definition) is 3. The lowest BCUT2D eigenvalue weighted by Gasteiger charge is -2.28. The third kappa shape index (κ3) is 4.85. The van der Waals surface area contributed by atoms with Crippen LogP contribution in [0.15, 0.2) is 24.3 Å². The maximum Gasteiger partial charge on any atom is 0.226 e. The van der Waals surface area contributed by atoms with Crippen LogP contribution in [-0.2, 0) is 16.0 Å². The van der Waals surface area contributed by atoms with Crippen LogP contribution in [-0.4, -0.2) is 49.7 Å². The molecule has 4 nitrogen and oxygen atoms in total. The lowest BCUT2D eigenvalue weighted by atomic mass is 9.91. The Morgan fingerprint density at radius 3 is 2.67 bits per heavy atom. The highest BCUT2D eigenvalue weighted by atomic mass is 35.5. The van der Waals surface area contributed by atoms with Crippen molar-refractivity contribution in [3.8, 4) is 0 Å². The van der Waals surface area contributed by atoms with Gasteiger partial charge in [0.25, 0.3) is 0 Å². The maximum atomic E-state index is 13.3. The minimum Gasteiger partial charge on any atom is -0.376 e. The van der Waals surface area contributed by atoms with Gasteiger partial charge in [-0.15, -0.1) is 12.4 Å². The van der Waals surface area contributed by atoms with E-state index in [0.29, 0.717) is 11.3 Å². The largest absolute Gasteiger partial charge is 0.376 e. The molecule has 0 radical (unpaired) electrons. The highest BCUT2D eigenvalue weighted by molar-refractivity contribution is 5.85. The van der Waals surface area contributed by atoms with Crippen molar-refractivity contribution >= 4 is 18.3 Å². The lowest BCUT2D eigenvalue weighted by molar-refractivity contribution is -0.135. The van der Waals surface area contributed by atoms with Gasteiger partial charge in [0.1, 0.15) is 0 Å². The number of rotatable bonds is 6. The summed E-state index contributed by atoms with van der Waals surface area (Å²) in [5, 5.41) is 3.43. The van der Waals surface area contributed by atoms with Crippen molar-refractivity contribution in [3.05, 3.63) is 35.4 Å². The number of ether oxygens (including phenoxy) is 1. The number of amides is 1. The molecular formula is C22H33ClN2O2. The number of nitrogens with one attached hydrogen (secondary N) is 1. The average molecular weight is 393 g/mol. The minimum absolute atomic E-state index is 0. The van der Waals surface area contributed by atoms with Gasteiger partial charge in [-0.05, 0) is 69.5 Å². The molecule has 2 saturated heterocycles. The van der Waals surface area contributed by atoms with E-state index in [4.69, 9.17) is 4.74 Å². The summed E-state index contributed by atoms with van der Waals surface area (Å²) >= 11 is 0. The highest BCUT2D eigenvalue weighted by Gasteiger charge is 2.58. The number of halogens is 1. The summed E-state index contributed by atoms with van der Waals surface area (Å²) in [6, 6.07) is 8.70. The normalized spacial score (nSPS) is 25.8. The van der Waals surface area contributed by atoms with Crippen molar-refractivity contribution in [1.82, 2.24) is 10.2 Å². The van der Waals surface area contributed by atoms with Gasteiger partial charge in [-0.1, -0.05) is 29.8 Å². The first-order chi connectivity index (χ1) is 12.7. The molecule has 150 valence electrons. The fourth-order valence-electron chi connectivity index (χ4n) is 4.74. The molecule has 2 atom stereocenters. The predicted molar refractivity (Wildman–Crippen MR) is 110 cm³/mol. The van der Waals surface area contributed by atoms with Crippen LogP contribution < -0.4 is 5.32 Å². The molecule has 1 spiro atoms. The first-order valence-electron chi connectivity index (χ1n) is 10.3. The molecule has 1 amide bonds. The molecular weight excluding hydrogens is 360 g/mol. The van der Waals surface area contributed by atoms with Crippen LogP contribution in [0.3, 0.4) is 0 Å². The summed E-state index contributed by atoms with van der Waals surface area (Å²) in [7, 11) is 0. The molecule has 0 bridgehead atoms. The third-order valence-electron chi connectivity index (χ3n) is 6.64. The zero-order chi connectivity index (χ0) is 18.0. The van der Waals surface area contributed by atoms with E-state index in [0.717, 1.165) is 71.3 Å². The molecule has 27 heavy (non-hydrogen) atoms. The fourth-order valence-corrected chi connectivity index (χ4v) is 4.74. The van der Waals surface area contributed by atoms with E-state index in [9.17, 15) is 4.79 Å². The molecule has 1 aromatic carbocycles. The van der Waals surface area contributed by atoms with E-state index < -0.39 is 0 Å². The molecule has 5 heteroatoms. The second-order valence-electron chi connectivity index (χ2n) is 8.52. The van der Waals surface area contributed by atoms with Crippen LogP contribution in [0.4, 0.5) is 0 Å². The zero-order valence-electron chi connectivity index (χ0n) is 16.4. The Balaban J connectivity index is 0.00000210. The van der Waals surface area contributed by atoms with Gasteiger partial charge < -0.3 is 15.0 Å². The maximum absolute atomic E-state index is 13.3. The minimum atomic E-state index is 0. The van der Waals surface area contributed by atoms with Gasteiger partial charge in [0.2, 0.25) is 5.91 Å². The van der Waals surface area contributed by atoms with Crippen LogP contribution in [0.5, 0.6) is 0 Å². The molecule has 2 aliphatic heterocycles. The van der Waals surface area contributed by atoms with Crippen LogP contribution in [0.2, 0.25) is 0 Å². The van der Waals surface area contributed by atoms with Gasteiger partial charge in [0.15, 0.2) is 0 Å². The molecule has 4 rings (SSSR count). The van der Waals surface area contributed by atoms with Crippen molar-refractivity contribution in [2.75, 3.05) is 32.8 Å². The molecule has 0 aromatic heterocycles. The molecule has 3 aliphatic rings. The number of hydrogen-bond donors (Lipinski definition) is 1. The summed E-state index contributed by atoms with van der Waals surface area (Å²) in [5.41, 5.74) is 2.90. The molecule has 1 aliphatic carbocycles. The lowest BCUT2D eigenvalue weighted by Crippen LogP contribution is -2.41. The number of carbonyl (C=O) groups excluding carboxylic acids is 1. The van der Waals surface area contributed by atoms with E-state index in [1.54, 1.807) is 0 Å². The zero-order valence-corrected chi connectivity index (χ0v) is 17.2. The van der Waals surface area contributed by atoms with E-state index in [-0.39, 0.29) is 24.4 Å². The highest BCUT2D eigenvalue weighted by Crippen LogP contribution is 2.59. The van der Waals surface area contributed by atoms with Crippen LogP contribution in [0.25, 0.3) is 0 Å². The van der Waals surface area contributed by atoms with E-state index in [1.807, 2.05) is 0 Å². The Labute approximate surface area is 169 Å². The molecule has 2 heterocycles. The summed E-state index contributed by atoms with van der Waals surface area (Å²) in [6.07, 6.45) is 6.81. The summed E-state index contributed by atoms with van der Waals surface area (Å²) in [5.74, 6) is 0.638. The second-order valence-corrected chi connectivity index (χ2v) is 8.52. The Morgan fingerprint density at radius 1 is 1.26 bits per heavy atom. The third-order valence-corrected chi connectivity index (χ3v) is 6.64. The number of piperidine rings is 1. The molecule has 3 fully saturated rings. The first kappa shape index (κ1) is 20.6. The van der Waals surface area contributed by atoms with Gasteiger partial charge in [-0.3, -0.25) is 4.79 Å². The predicted octanol–water partition coefficient (Wildman–Crippen LogP) is 3.36. The Hall–Kier alpha value is -1.10. The number of aryl methyl sites for hydroxylation is 1. The van der Waals surface area contributed by atoms with E-state index in [1.165, 1.54) is 11.1 Å². The van der Waals surface area contributed by atoms with Crippen LogP contribution in [0, 0.1) is 18.3 Å². The second kappa shape index (κ2) is 8.93. The smallest absolute Gasteiger partial charge is 0.226 e. The first-order valence-corrected chi connectivity index (χ1v) is 10.3. The molecule has 1 saturated carbocycles. The Bertz CT molecular complexity index is 622. The van der Waals surface area contributed by atoms with Crippen molar-refractivity contribution in [3.63, 3.8) is 0 Å². The van der Waals surface area contributed by atoms with Crippen LogP contribution >= 0.6 is 12.4 Å². The van der Waals surface area contributed by atoms with E-state index in [2.05, 4.69) is 41.4 Å². The Morgan fingerprint density at radius 2 is 2.00 bits per heavy atom. The number of nitrogens with zero attached hydrogens (tertiary/aromatic N) is 1. The molecule has 2 unspecified atom stereocenters. The van der Waals surface area contributed by atoms with Crippen molar-refractivity contribution in [2.24, 2.45) is 11.3 Å². The quantitative estimate of drug-likeness (QED) is 0.807. The standard InChI is InChI=1S/C22H32N2O2.ClH/c1-17-4-6-18(7-5-17)8-13-24(16-19-3-2-14-26-19)21(25)20-15-22(20)9-11-23-12-10-22;/h4-7,19-20,23H,2-3,8-16H2,1H3;1H. The average Bonchev–Trinajstić information content (AvgIpc) is 3.10.